The molecule has 0 spiro atoms. The summed E-state index contributed by atoms with van der Waals surface area (Å²) >= 11 is 5.53. The molecular weight excluding hydrogens is 272 g/mol. The van der Waals surface area contributed by atoms with Gasteiger partial charge in [-0.25, -0.2) is 0 Å². The lowest BCUT2D eigenvalue weighted by molar-refractivity contribution is 0.0758. The van der Waals surface area contributed by atoms with E-state index in [4.69, 9.17) is 21.7 Å². The second-order valence-corrected chi connectivity index (χ2v) is 5.54. The van der Waals surface area contributed by atoms with E-state index in [1.807, 2.05) is 19.1 Å². The van der Waals surface area contributed by atoms with Gasteiger partial charge < -0.3 is 19.0 Å². The molecule has 4 nitrogen and oxygen atoms in total. The molecule has 1 aliphatic carbocycles. The number of aromatic amines is 1. The molecule has 0 saturated heterocycles. The van der Waals surface area contributed by atoms with E-state index in [0.29, 0.717) is 12.6 Å². The van der Waals surface area contributed by atoms with Crippen LogP contribution in [0.15, 0.2) is 18.2 Å². The maximum Gasteiger partial charge on any atom is 0.178 e. The molecule has 1 aromatic carbocycles. The molecule has 1 aliphatic rings. The number of benzene rings is 1. The van der Waals surface area contributed by atoms with Crippen molar-refractivity contribution in [3.05, 3.63) is 23.0 Å². The van der Waals surface area contributed by atoms with Crippen molar-refractivity contribution in [2.45, 2.75) is 38.3 Å². The van der Waals surface area contributed by atoms with Gasteiger partial charge in [-0.15, -0.1) is 0 Å². The van der Waals surface area contributed by atoms with Crippen LogP contribution < -0.4 is 4.74 Å². The summed E-state index contributed by atoms with van der Waals surface area (Å²) in [5.41, 5.74) is 2.09. The Bertz CT molecular complexity index is 661. The lowest BCUT2D eigenvalue weighted by Crippen LogP contribution is -2.20. The summed E-state index contributed by atoms with van der Waals surface area (Å²) in [4.78, 5) is 3.30. The number of nitrogens with zero attached hydrogens (tertiary/aromatic N) is 1. The number of hydrogen-bond donors (Lipinski definition) is 1. The number of imidazole rings is 1. The van der Waals surface area contributed by atoms with Crippen LogP contribution in [-0.4, -0.2) is 29.4 Å². The zero-order chi connectivity index (χ0) is 14.1. The third-order valence-corrected chi connectivity index (χ3v) is 4.37. The highest BCUT2D eigenvalue weighted by atomic mass is 32.1. The minimum atomic E-state index is 0.247. The molecule has 0 aliphatic heterocycles. The molecule has 1 heterocycles. The highest BCUT2D eigenvalue weighted by Crippen LogP contribution is 2.36. The summed E-state index contributed by atoms with van der Waals surface area (Å²) < 4.78 is 14.3. The highest BCUT2D eigenvalue weighted by molar-refractivity contribution is 7.71. The Hall–Kier alpha value is -1.33. The van der Waals surface area contributed by atoms with Gasteiger partial charge in [-0.3, -0.25) is 0 Å². The van der Waals surface area contributed by atoms with E-state index < -0.39 is 0 Å². The van der Waals surface area contributed by atoms with E-state index in [2.05, 4.69) is 15.6 Å². The largest absolute Gasteiger partial charge is 0.492 e. The Labute approximate surface area is 123 Å². The number of fused-ring (bicyclic) bond motifs is 1. The Kier molecular flexibility index (Phi) is 3.81. The monoisotopic (exact) mass is 292 g/mol. The standard InChI is InChI=1S/C15H20N2O2S/c1-3-19-13-9-5-7-11-14(13)16-15(20)17(11)10-6-4-8-12(10)18-2/h5,7,9-10,12H,3-4,6,8H2,1-2H3,(H,16,20). The van der Waals surface area contributed by atoms with Gasteiger partial charge in [0.15, 0.2) is 4.77 Å². The first-order chi connectivity index (χ1) is 9.76. The molecule has 108 valence electrons. The van der Waals surface area contributed by atoms with Crippen molar-refractivity contribution in [3.63, 3.8) is 0 Å². The number of hydrogen-bond acceptors (Lipinski definition) is 3. The van der Waals surface area contributed by atoms with Crippen LogP contribution in [0.25, 0.3) is 11.0 Å². The topological polar surface area (TPSA) is 39.2 Å². The van der Waals surface area contributed by atoms with Crippen LogP contribution in [0.4, 0.5) is 0 Å². The van der Waals surface area contributed by atoms with Crippen molar-refractivity contribution < 1.29 is 9.47 Å². The SMILES string of the molecule is CCOc1cccc2c1[nH]c(=S)n2C1CCCC1OC. The van der Waals surface area contributed by atoms with Crippen molar-refractivity contribution in [1.29, 1.82) is 0 Å². The van der Waals surface area contributed by atoms with Crippen LogP contribution in [0.2, 0.25) is 0 Å². The van der Waals surface area contributed by atoms with Crippen LogP contribution in [0, 0.1) is 4.77 Å². The third-order valence-electron chi connectivity index (χ3n) is 4.07. The van der Waals surface area contributed by atoms with Crippen LogP contribution in [-0.2, 0) is 4.74 Å². The summed E-state index contributed by atoms with van der Waals surface area (Å²) in [5, 5.41) is 0. The fourth-order valence-corrected chi connectivity index (χ4v) is 3.54. The fraction of sp³-hybridized carbons (Fsp3) is 0.533. The minimum Gasteiger partial charge on any atom is -0.492 e. The second-order valence-electron chi connectivity index (χ2n) is 5.16. The van der Waals surface area contributed by atoms with Gasteiger partial charge in [-0.2, -0.15) is 0 Å². The molecule has 1 N–H and O–H groups in total. The average Bonchev–Trinajstić information content (AvgIpc) is 3.02. The molecule has 0 bridgehead atoms. The molecule has 2 unspecified atom stereocenters. The van der Waals surface area contributed by atoms with Crippen LogP contribution in [0.1, 0.15) is 32.2 Å². The van der Waals surface area contributed by atoms with E-state index in [-0.39, 0.29) is 6.10 Å². The van der Waals surface area contributed by atoms with Crippen LogP contribution in [0.5, 0.6) is 5.75 Å². The fourth-order valence-electron chi connectivity index (χ4n) is 3.20. The number of aromatic nitrogens is 2. The first-order valence-electron chi connectivity index (χ1n) is 7.15. The van der Waals surface area contributed by atoms with Crippen molar-refractivity contribution in [3.8, 4) is 5.75 Å². The summed E-state index contributed by atoms with van der Waals surface area (Å²) in [6, 6.07) is 6.40. The van der Waals surface area contributed by atoms with Gasteiger partial charge in [0.2, 0.25) is 0 Å². The molecule has 1 fully saturated rings. The Balaban J connectivity index is 2.14. The highest BCUT2D eigenvalue weighted by Gasteiger charge is 2.30. The maximum absolute atomic E-state index is 5.68. The van der Waals surface area contributed by atoms with E-state index in [1.54, 1.807) is 7.11 Å². The molecule has 20 heavy (non-hydrogen) atoms. The third kappa shape index (κ3) is 2.15. The molecule has 0 radical (unpaired) electrons. The predicted molar refractivity (Wildman–Crippen MR) is 82.0 cm³/mol. The normalized spacial score (nSPS) is 22.5. The molecule has 3 rings (SSSR count). The van der Waals surface area contributed by atoms with Gasteiger partial charge in [-0.1, -0.05) is 6.07 Å². The number of methoxy groups -OCH3 is 1. The quantitative estimate of drug-likeness (QED) is 0.870. The molecule has 1 saturated carbocycles. The van der Waals surface area contributed by atoms with Crippen molar-refractivity contribution in [2.75, 3.05) is 13.7 Å². The van der Waals surface area contributed by atoms with E-state index >= 15 is 0 Å². The average molecular weight is 292 g/mol. The number of para-hydroxylation sites is 1. The lowest BCUT2D eigenvalue weighted by atomic mass is 10.2. The van der Waals surface area contributed by atoms with E-state index in [1.165, 1.54) is 6.42 Å². The number of nitrogens with one attached hydrogen (secondary N) is 1. The number of H-pyrrole nitrogens is 1. The van der Waals surface area contributed by atoms with Gasteiger partial charge in [0.25, 0.3) is 0 Å². The zero-order valence-electron chi connectivity index (χ0n) is 11.9. The maximum atomic E-state index is 5.68. The Morgan fingerprint density at radius 3 is 3.00 bits per heavy atom. The smallest absolute Gasteiger partial charge is 0.178 e. The van der Waals surface area contributed by atoms with Crippen molar-refractivity contribution >= 4 is 23.3 Å². The van der Waals surface area contributed by atoms with Crippen LogP contribution in [0.3, 0.4) is 0 Å². The molecule has 2 aromatic rings. The summed E-state index contributed by atoms with van der Waals surface area (Å²) in [5.74, 6) is 0.863. The second kappa shape index (κ2) is 5.58. The Morgan fingerprint density at radius 2 is 2.25 bits per heavy atom. The summed E-state index contributed by atoms with van der Waals surface area (Å²) in [7, 11) is 1.78. The number of ether oxygens (including phenoxy) is 2. The first kappa shape index (κ1) is 13.6. The zero-order valence-corrected chi connectivity index (χ0v) is 12.7. The number of rotatable bonds is 4. The predicted octanol–water partition coefficient (Wildman–Crippen LogP) is 3.84. The summed E-state index contributed by atoms with van der Waals surface area (Å²) in [6.07, 6.45) is 3.64. The van der Waals surface area contributed by atoms with E-state index in [9.17, 15) is 0 Å². The molecule has 1 aromatic heterocycles. The molecule has 0 amide bonds. The van der Waals surface area contributed by atoms with Crippen molar-refractivity contribution in [2.24, 2.45) is 0 Å². The minimum absolute atomic E-state index is 0.247. The van der Waals surface area contributed by atoms with Gasteiger partial charge in [0.1, 0.15) is 11.3 Å². The van der Waals surface area contributed by atoms with Gasteiger partial charge in [-0.05, 0) is 50.5 Å². The molecule has 5 heteroatoms. The van der Waals surface area contributed by atoms with Gasteiger partial charge >= 0.3 is 0 Å². The first-order valence-corrected chi connectivity index (χ1v) is 7.56. The van der Waals surface area contributed by atoms with Gasteiger partial charge in [0.05, 0.1) is 24.3 Å². The van der Waals surface area contributed by atoms with Gasteiger partial charge in [0, 0.05) is 7.11 Å². The summed E-state index contributed by atoms with van der Waals surface area (Å²) in [6.45, 7) is 2.64. The molecule has 2 atom stereocenters. The molecular formula is C15H20N2O2S. The Morgan fingerprint density at radius 1 is 1.40 bits per heavy atom. The lowest BCUT2D eigenvalue weighted by Gasteiger charge is -2.20. The van der Waals surface area contributed by atoms with Crippen molar-refractivity contribution in [1.82, 2.24) is 9.55 Å². The van der Waals surface area contributed by atoms with Crippen LogP contribution >= 0.6 is 12.2 Å². The van der Waals surface area contributed by atoms with E-state index in [0.717, 1.165) is 34.4 Å².